The number of furan rings is 1. The van der Waals surface area contributed by atoms with Crippen molar-refractivity contribution in [1.82, 2.24) is 4.57 Å². The van der Waals surface area contributed by atoms with Crippen LogP contribution >= 0.6 is 11.3 Å². The second kappa shape index (κ2) is 10.5. The minimum Gasteiger partial charge on any atom is -0.497 e. The predicted octanol–water partition coefficient (Wildman–Crippen LogP) is 3.98. The molecule has 4 aromatic rings. The molecule has 39 heavy (non-hydrogen) atoms. The molecule has 198 valence electrons. The first kappa shape index (κ1) is 25.9. The lowest BCUT2D eigenvalue weighted by atomic mass is 9.95. The number of hydrogen-bond donors (Lipinski definition) is 0. The van der Waals surface area contributed by atoms with Crippen LogP contribution < -0.4 is 19.6 Å². The van der Waals surface area contributed by atoms with E-state index in [4.69, 9.17) is 13.9 Å². The fourth-order valence-electron chi connectivity index (χ4n) is 4.41. The van der Waals surface area contributed by atoms with E-state index in [2.05, 4.69) is 4.99 Å². The molecule has 0 amide bonds. The van der Waals surface area contributed by atoms with Crippen molar-refractivity contribution in [3.63, 3.8) is 0 Å². The third-order valence-corrected chi connectivity index (χ3v) is 7.15. The molecule has 3 heterocycles. The van der Waals surface area contributed by atoms with Gasteiger partial charge in [0, 0.05) is 23.8 Å². The molecule has 5 rings (SSSR count). The number of benzene rings is 2. The molecule has 1 aliphatic heterocycles. The van der Waals surface area contributed by atoms with Gasteiger partial charge in [0.15, 0.2) is 4.80 Å². The highest BCUT2D eigenvalue weighted by atomic mass is 32.1. The number of nitro benzene ring substituents is 1. The van der Waals surface area contributed by atoms with Crippen LogP contribution in [0, 0.1) is 10.1 Å². The summed E-state index contributed by atoms with van der Waals surface area (Å²) in [5, 5.41) is 11.1. The van der Waals surface area contributed by atoms with E-state index in [9.17, 15) is 19.7 Å². The predicted molar refractivity (Wildman–Crippen MR) is 144 cm³/mol. The van der Waals surface area contributed by atoms with Gasteiger partial charge in [0.1, 0.15) is 17.3 Å². The number of rotatable bonds is 7. The van der Waals surface area contributed by atoms with Gasteiger partial charge in [-0.1, -0.05) is 35.6 Å². The fourth-order valence-corrected chi connectivity index (χ4v) is 5.43. The molecule has 0 N–H and O–H groups in total. The molecule has 0 fully saturated rings. The number of carbonyl (C=O) groups excluding carboxylic acids is 1. The summed E-state index contributed by atoms with van der Waals surface area (Å²) in [5.41, 5.74) is 1.54. The smallest absolute Gasteiger partial charge is 0.338 e. The molecular formula is C28H23N3O7S. The van der Waals surface area contributed by atoms with Crippen molar-refractivity contribution in [2.24, 2.45) is 4.99 Å². The average molecular weight is 546 g/mol. The number of fused-ring (bicyclic) bond motifs is 1. The molecule has 1 aliphatic rings. The molecule has 0 bridgehead atoms. The summed E-state index contributed by atoms with van der Waals surface area (Å²) in [6.07, 6.45) is 1.59. The van der Waals surface area contributed by atoms with Crippen molar-refractivity contribution >= 4 is 29.1 Å². The number of esters is 1. The first-order chi connectivity index (χ1) is 18.8. The lowest BCUT2D eigenvalue weighted by molar-refractivity contribution is -0.384. The summed E-state index contributed by atoms with van der Waals surface area (Å²) in [5.74, 6) is 0.846. The Labute approximate surface area is 225 Å². The number of hydrogen-bond acceptors (Lipinski definition) is 9. The number of non-ortho nitro benzene ring substituents is 1. The molecule has 11 heteroatoms. The number of nitrogens with zero attached hydrogens (tertiary/aromatic N) is 3. The quantitative estimate of drug-likeness (QED) is 0.195. The Morgan fingerprint density at radius 2 is 2.00 bits per heavy atom. The van der Waals surface area contributed by atoms with Crippen molar-refractivity contribution in [3.8, 4) is 17.1 Å². The number of allylic oxidation sites excluding steroid dienone is 1. The van der Waals surface area contributed by atoms with Crippen LogP contribution in [0.1, 0.15) is 31.2 Å². The monoisotopic (exact) mass is 545 g/mol. The fraction of sp³-hybridized carbons (Fsp3) is 0.179. The first-order valence-corrected chi connectivity index (χ1v) is 12.8. The van der Waals surface area contributed by atoms with E-state index in [0.29, 0.717) is 43.4 Å². The Morgan fingerprint density at radius 3 is 2.74 bits per heavy atom. The van der Waals surface area contributed by atoms with Gasteiger partial charge in [-0.25, -0.2) is 9.79 Å². The molecular weight excluding hydrogens is 522 g/mol. The number of nitro groups is 1. The molecule has 0 saturated heterocycles. The minimum absolute atomic E-state index is 0.0518. The maximum atomic E-state index is 13.7. The molecule has 2 aromatic carbocycles. The Balaban J connectivity index is 1.62. The largest absolute Gasteiger partial charge is 0.497 e. The molecule has 0 radical (unpaired) electrons. The van der Waals surface area contributed by atoms with Gasteiger partial charge in [-0.05, 0) is 43.7 Å². The summed E-state index contributed by atoms with van der Waals surface area (Å²) >= 11 is 1.17. The Morgan fingerprint density at radius 1 is 1.21 bits per heavy atom. The Hall–Kier alpha value is -4.77. The van der Waals surface area contributed by atoms with Crippen LogP contribution in [0.4, 0.5) is 5.69 Å². The van der Waals surface area contributed by atoms with Crippen LogP contribution in [0.3, 0.4) is 0 Å². The number of ether oxygens (including phenoxy) is 2. The lowest BCUT2D eigenvalue weighted by Crippen LogP contribution is -2.39. The normalized spacial score (nSPS) is 15.1. The summed E-state index contributed by atoms with van der Waals surface area (Å²) in [4.78, 5) is 42.4. The van der Waals surface area contributed by atoms with Gasteiger partial charge >= 0.3 is 5.97 Å². The molecule has 1 unspecified atom stereocenters. The van der Waals surface area contributed by atoms with Crippen LogP contribution in [0.2, 0.25) is 0 Å². The third kappa shape index (κ3) is 4.91. The van der Waals surface area contributed by atoms with E-state index in [1.165, 1.54) is 28.0 Å². The van der Waals surface area contributed by atoms with Gasteiger partial charge in [-0.2, -0.15) is 0 Å². The highest BCUT2D eigenvalue weighted by molar-refractivity contribution is 7.07. The van der Waals surface area contributed by atoms with Crippen molar-refractivity contribution in [3.05, 3.63) is 113 Å². The van der Waals surface area contributed by atoms with Crippen LogP contribution in [-0.4, -0.2) is 29.2 Å². The summed E-state index contributed by atoms with van der Waals surface area (Å²) < 4.78 is 18.4. The number of carbonyl (C=O) groups is 1. The topological polar surface area (TPSA) is 126 Å². The molecule has 1 atom stereocenters. The zero-order chi connectivity index (χ0) is 27.7. The Bertz CT molecular complexity index is 1810. The second-order valence-electron chi connectivity index (χ2n) is 8.59. The molecule has 0 spiro atoms. The SMILES string of the molecule is CCOC(=O)C1=C(C)N=c2s/c(=C\c3ccc(-c4cccc([N+](=O)[O-])c4)o3)c(=O)n2C1c1cccc(OC)c1. The van der Waals surface area contributed by atoms with Gasteiger partial charge in [0.2, 0.25) is 0 Å². The van der Waals surface area contributed by atoms with Crippen LogP contribution in [0.15, 0.2) is 86.1 Å². The average Bonchev–Trinajstić information content (AvgIpc) is 3.52. The van der Waals surface area contributed by atoms with E-state index in [1.54, 1.807) is 69.5 Å². The van der Waals surface area contributed by atoms with Gasteiger partial charge in [0.25, 0.3) is 11.2 Å². The van der Waals surface area contributed by atoms with Crippen molar-refractivity contribution in [2.45, 2.75) is 19.9 Å². The maximum Gasteiger partial charge on any atom is 0.338 e. The van der Waals surface area contributed by atoms with E-state index < -0.39 is 16.9 Å². The summed E-state index contributed by atoms with van der Waals surface area (Å²) in [6, 6.07) is 15.9. The zero-order valence-corrected chi connectivity index (χ0v) is 22.1. The van der Waals surface area contributed by atoms with E-state index in [0.717, 1.165) is 0 Å². The van der Waals surface area contributed by atoms with Crippen molar-refractivity contribution < 1.29 is 23.6 Å². The molecule has 10 nitrogen and oxygen atoms in total. The second-order valence-corrected chi connectivity index (χ2v) is 9.60. The van der Waals surface area contributed by atoms with Crippen molar-refractivity contribution in [1.29, 1.82) is 0 Å². The molecule has 0 aliphatic carbocycles. The van der Waals surface area contributed by atoms with Crippen molar-refractivity contribution in [2.75, 3.05) is 13.7 Å². The van der Waals surface area contributed by atoms with Crippen LogP contribution in [0.25, 0.3) is 17.4 Å². The number of aromatic nitrogens is 1. The lowest BCUT2D eigenvalue weighted by Gasteiger charge is -2.24. The number of methoxy groups -OCH3 is 1. The van der Waals surface area contributed by atoms with E-state index >= 15 is 0 Å². The number of thiazole rings is 1. The third-order valence-electron chi connectivity index (χ3n) is 6.17. The summed E-state index contributed by atoms with van der Waals surface area (Å²) in [6.45, 7) is 3.61. The van der Waals surface area contributed by atoms with Crippen LogP contribution in [-0.2, 0) is 9.53 Å². The molecule has 2 aromatic heterocycles. The van der Waals surface area contributed by atoms with E-state index in [-0.39, 0.29) is 23.4 Å². The van der Waals surface area contributed by atoms with Gasteiger partial charge < -0.3 is 13.9 Å². The van der Waals surface area contributed by atoms with E-state index in [1.807, 2.05) is 6.07 Å². The Kier molecular flexibility index (Phi) is 6.99. The van der Waals surface area contributed by atoms with Gasteiger partial charge in [-0.3, -0.25) is 19.5 Å². The first-order valence-electron chi connectivity index (χ1n) is 12.0. The standard InChI is InChI=1S/C28H23N3O7S/c1-4-37-27(33)24-16(2)29-28-30(25(24)18-8-6-10-20(14-18)36-3)26(32)23(39-28)15-21-11-12-22(38-21)17-7-5-9-19(13-17)31(34)35/h5-15,25H,4H2,1-3H3/b23-15-. The molecule has 0 saturated carbocycles. The zero-order valence-electron chi connectivity index (χ0n) is 21.2. The highest BCUT2D eigenvalue weighted by Crippen LogP contribution is 2.32. The van der Waals surface area contributed by atoms with Gasteiger partial charge in [0.05, 0.1) is 40.5 Å². The minimum atomic E-state index is -0.769. The highest BCUT2D eigenvalue weighted by Gasteiger charge is 2.33. The summed E-state index contributed by atoms with van der Waals surface area (Å²) in [7, 11) is 1.54. The maximum absolute atomic E-state index is 13.7. The van der Waals surface area contributed by atoms with Crippen LogP contribution in [0.5, 0.6) is 5.75 Å². The van der Waals surface area contributed by atoms with Gasteiger partial charge in [-0.15, -0.1) is 0 Å².